The van der Waals surface area contributed by atoms with E-state index in [2.05, 4.69) is 11.9 Å². The Hall–Kier alpha value is -2.53. The van der Waals surface area contributed by atoms with Crippen molar-refractivity contribution in [2.24, 2.45) is 4.99 Å². The molecule has 0 spiro atoms. The Morgan fingerprint density at radius 1 is 1.11 bits per heavy atom. The third-order valence-electron chi connectivity index (χ3n) is 5.73. The van der Waals surface area contributed by atoms with Gasteiger partial charge >= 0.3 is 0 Å². The lowest BCUT2D eigenvalue weighted by Crippen LogP contribution is -2.48. The van der Waals surface area contributed by atoms with E-state index in [1.165, 1.54) is 39.9 Å². The zero-order chi connectivity index (χ0) is 25.2. The standard InChI is InChI=1S/C25H31N3O5S2/c1-5-13-28-22-12-9-20(32-6-2)14-23(22)34-25(28)26-24(29)19-7-10-21(11-8-19)35(30,31)27-15-17(3)33-18(4)16-27/h7-12,14,17-18H,5-6,13,15-16H2,1-4H3. The number of carbonyl (C=O) groups excluding carboxylic acids is 1. The second-order valence-electron chi connectivity index (χ2n) is 8.62. The number of nitrogens with zero attached hydrogens (tertiary/aromatic N) is 3. The van der Waals surface area contributed by atoms with E-state index in [4.69, 9.17) is 9.47 Å². The van der Waals surface area contributed by atoms with Crippen LogP contribution in [0.4, 0.5) is 0 Å². The molecule has 0 radical (unpaired) electrons. The van der Waals surface area contributed by atoms with Crippen LogP contribution in [-0.4, -0.2) is 55.1 Å². The molecule has 1 fully saturated rings. The fourth-order valence-electron chi connectivity index (χ4n) is 4.23. The quantitative estimate of drug-likeness (QED) is 0.472. The summed E-state index contributed by atoms with van der Waals surface area (Å²) in [4.78, 5) is 18.1. The van der Waals surface area contributed by atoms with Gasteiger partial charge in [-0.2, -0.15) is 9.30 Å². The number of fused-ring (bicyclic) bond motifs is 1. The number of benzene rings is 2. The first-order chi connectivity index (χ1) is 16.7. The second-order valence-corrected chi connectivity index (χ2v) is 11.6. The highest BCUT2D eigenvalue weighted by Gasteiger charge is 2.32. The minimum absolute atomic E-state index is 0.154. The molecular formula is C25H31N3O5S2. The fraction of sp³-hybridized carbons (Fsp3) is 0.440. The number of amides is 1. The molecule has 1 aliphatic rings. The summed E-state index contributed by atoms with van der Waals surface area (Å²) in [6.45, 7) is 9.65. The SMILES string of the molecule is CCCn1c(=NC(=O)c2ccc(S(=O)(=O)N3CC(C)OC(C)C3)cc2)sc2cc(OCC)ccc21. The summed E-state index contributed by atoms with van der Waals surface area (Å²) in [5, 5.41) is 0. The summed E-state index contributed by atoms with van der Waals surface area (Å²) in [5.74, 6) is 0.368. The minimum atomic E-state index is -3.67. The van der Waals surface area contributed by atoms with Gasteiger partial charge in [0, 0.05) is 25.2 Å². The van der Waals surface area contributed by atoms with Crippen LogP contribution in [0.3, 0.4) is 0 Å². The summed E-state index contributed by atoms with van der Waals surface area (Å²) in [6, 6.07) is 11.9. The number of morpholine rings is 1. The summed E-state index contributed by atoms with van der Waals surface area (Å²) in [7, 11) is -3.67. The van der Waals surface area contributed by atoms with Gasteiger partial charge in [-0.1, -0.05) is 18.3 Å². The van der Waals surface area contributed by atoms with Crippen LogP contribution in [0, 0.1) is 0 Å². The number of aryl methyl sites for hydroxylation is 1. The highest BCUT2D eigenvalue weighted by molar-refractivity contribution is 7.89. The average Bonchev–Trinajstić information content (AvgIpc) is 3.15. The maximum absolute atomic E-state index is 13.1. The number of ether oxygens (including phenoxy) is 2. The third kappa shape index (κ3) is 5.50. The predicted octanol–water partition coefficient (Wildman–Crippen LogP) is 4.05. The van der Waals surface area contributed by atoms with Crippen molar-refractivity contribution in [3.63, 3.8) is 0 Å². The molecule has 4 rings (SSSR count). The van der Waals surface area contributed by atoms with Crippen LogP contribution in [-0.2, 0) is 21.3 Å². The van der Waals surface area contributed by atoms with E-state index in [0.717, 1.165) is 28.9 Å². The summed E-state index contributed by atoms with van der Waals surface area (Å²) < 4.78 is 41.9. The molecule has 0 bridgehead atoms. The van der Waals surface area contributed by atoms with E-state index < -0.39 is 15.9 Å². The molecular weight excluding hydrogens is 486 g/mol. The first-order valence-electron chi connectivity index (χ1n) is 11.8. The zero-order valence-electron chi connectivity index (χ0n) is 20.4. The smallest absolute Gasteiger partial charge is 0.279 e. The Bertz CT molecular complexity index is 1370. The number of rotatable bonds is 7. The van der Waals surface area contributed by atoms with Crippen LogP contribution < -0.4 is 9.54 Å². The third-order valence-corrected chi connectivity index (χ3v) is 8.62. The van der Waals surface area contributed by atoms with Crippen LogP contribution in [0.5, 0.6) is 5.75 Å². The number of sulfonamides is 1. The van der Waals surface area contributed by atoms with Crippen LogP contribution in [0.2, 0.25) is 0 Å². The molecule has 3 aromatic rings. The maximum atomic E-state index is 13.1. The van der Waals surface area contributed by atoms with E-state index in [9.17, 15) is 13.2 Å². The fourth-order valence-corrected chi connectivity index (χ4v) is 6.91. The van der Waals surface area contributed by atoms with E-state index in [1.807, 2.05) is 43.5 Å². The molecule has 35 heavy (non-hydrogen) atoms. The molecule has 1 amide bonds. The number of hydrogen-bond donors (Lipinski definition) is 0. The predicted molar refractivity (Wildman–Crippen MR) is 136 cm³/mol. The topological polar surface area (TPSA) is 90.2 Å². The molecule has 1 aromatic heterocycles. The first-order valence-corrected chi connectivity index (χ1v) is 14.1. The molecule has 188 valence electrons. The molecule has 2 atom stereocenters. The summed E-state index contributed by atoms with van der Waals surface area (Å²) in [5.41, 5.74) is 1.34. The van der Waals surface area contributed by atoms with Gasteiger partial charge in [-0.05, 0) is 69.7 Å². The molecule has 0 aliphatic carbocycles. The summed E-state index contributed by atoms with van der Waals surface area (Å²) in [6.07, 6.45) is 0.550. The first kappa shape index (κ1) is 25.6. The number of aromatic nitrogens is 1. The van der Waals surface area contributed by atoms with Crippen molar-refractivity contribution in [1.82, 2.24) is 8.87 Å². The molecule has 8 nitrogen and oxygen atoms in total. The lowest BCUT2D eigenvalue weighted by molar-refractivity contribution is -0.0440. The molecule has 2 heterocycles. The molecule has 10 heteroatoms. The van der Waals surface area contributed by atoms with Crippen molar-refractivity contribution in [2.45, 2.75) is 57.8 Å². The average molecular weight is 518 g/mol. The molecule has 2 aromatic carbocycles. The van der Waals surface area contributed by atoms with E-state index in [0.29, 0.717) is 30.1 Å². The minimum Gasteiger partial charge on any atom is -0.494 e. The number of carbonyl (C=O) groups is 1. The van der Waals surface area contributed by atoms with Crippen molar-refractivity contribution >= 4 is 37.5 Å². The van der Waals surface area contributed by atoms with Crippen molar-refractivity contribution in [2.75, 3.05) is 19.7 Å². The molecule has 2 unspecified atom stereocenters. The Morgan fingerprint density at radius 2 is 1.80 bits per heavy atom. The Kier molecular flexibility index (Phi) is 7.75. The Balaban J connectivity index is 1.62. The lowest BCUT2D eigenvalue weighted by Gasteiger charge is -2.34. The zero-order valence-corrected chi connectivity index (χ0v) is 22.1. The number of hydrogen-bond acceptors (Lipinski definition) is 6. The van der Waals surface area contributed by atoms with Gasteiger partial charge < -0.3 is 14.0 Å². The van der Waals surface area contributed by atoms with E-state index >= 15 is 0 Å². The van der Waals surface area contributed by atoms with Gasteiger partial charge in [0.05, 0.1) is 33.9 Å². The van der Waals surface area contributed by atoms with Crippen molar-refractivity contribution in [1.29, 1.82) is 0 Å². The molecule has 1 saturated heterocycles. The normalized spacial score (nSPS) is 19.8. The molecule has 0 N–H and O–H groups in total. The van der Waals surface area contributed by atoms with Crippen molar-refractivity contribution in [3.8, 4) is 5.75 Å². The van der Waals surface area contributed by atoms with Gasteiger partial charge in [-0.25, -0.2) is 8.42 Å². The highest BCUT2D eigenvalue weighted by atomic mass is 32.2. The van der Waals surface area contributed by atoms with E-state index in [1.54, 1.807) is 0 Å². The lowest BCUT2D eigenvalue weighted by atomic mass is 10.2. The molecule has 1 aliphatic heterocycles. The van der Waals surface area contributed by atoms with Gasteiger partial charge in [0.2, 0.25) is 10.0 Å². The Morgan fingerprint density at radius 3 is 2.43 bits per heavy atom. The van der Waals surface area contributed by atoms with Gasteiger partial charge in [0.25, 0.3) is 5.91 Å². The van der Waals surface area contributed by atoms with Crippen LogP contribution in [0.1, 0.15) is 44.5 Å². The van der Waals surface area contributed by atoms with Crippen LogP contribution in [0.15, 0.2) is 52.4 Å². The van der Waals surface area contributed by atoms with E-state index in [-0.39, 0.29) is 17.1 Å². The van der Waals surface area contributed by atoms with Crippen molar-refractivity contribution < 1.29 is 22.7 Å². The van der Waals surface area contributed by atoms with Gasteiger partial charge in [0.1, 0.15) is 5.75 Å². The molecule has 0 saturated carbocycles. The van der Waals surface area contributed by atoms with Crippen LogP contribution >= 0.6 is 11.3 Å². The highest BCUT2D eigenvalue weighted by Crippen LogP contribution is 2.24. The van der Waals surface area contributed by atoms with Crippen molar-refractivity contribution in [3.05, 3.63) is 52.8 Å². The Labute approximate surface area is 209 Å². The maximum Gasteiger partial charge on any atom is 0.279 e. The second kappa shape index (κ2) is 10.6. The van der Waals surface area contributed by atoms with Gasteiger partial charge in [-0.3, -0.25) is 4.79 Å². The van der Waals surface area contributed by atoms with Gasteiger partial charge in [-0.15, -0.1) is 0 Å². The number of thiazole rings is 1. The van der Waals surface area contributed by atoms with Gasteiger partial charge in [0.15, 0.2) is 4.80 Å². The van der Waals surface area contributed by atoms with Crippen LogP contribution in [0.25, 0.3) is 10.2 Å². The largest absolute Gasteiger partial charge is 0.494 e. The summed E-state index contributed by atoms with van der Waals surface area (Å²) >= 11 is 1.43. The monoisotopic (exact) mass is 517 g/mol.